The van der Waals surface area contributed by atoms with Gasteiger partial charge in [-0.15, -0.1) is 0 Å². The van der Waals surface area contributed by atoms with Crippen LogP contribution in [0.3, 0.4) is 0 Å². The van der Waals surface area contributed by atoms with E-state index in [0.29, 0.717) is 5.92 Å². The van der Waals surface area contributed by atoms with Crippen LogP contribution in [0.5, 0.6) is 0 Å². The third-order valence-electron chi connectivity index (χ3n) is 5.20. The number of anilines is 2. The number of carbonyl (C=O) groups excluding carboxylic acids is 1. The molecule has 1 aliphatic carbocycles. The summed E-state index contributed by atoms with van der Waals surface area (Å²) in [6.07, 6.45) is 8.55. The highest BCUT2D eigenvalue weighted by Gasteiger charge is 2.39. The SMILES string of the molecule is C[C@H]1C[C@@H]1C(=O)Nc1ccc(N2CCCCC2)c2ccncc12. The minimum Gasteiger partial charge on any atom is -0.371 e. The Balaban J connectivity index is 1.68. The lowest BCUT2D eigenvalue weighted by molar-refractivity contribution is -0.117. The Morgan fingerprint density at radius 3 is 2.70 bits per heavy atom. The van der Waals surface area contributed by atoms with Gasteiger partial charge in [0, 0.05) is 47.9 Å². The molecule has 1 saturated heterocycles. The van der Waals surface area contributed by atoms with Crippen LogP contribution in [0.25, 0.3) is 10.8 Å². The van der Waals surface area contributed by atoms with Gasteiger partial charge in [0.05, 0.1) is 5.69 Å². The normalized spacial score (nSPS) is 23.8. The summed E-state index contributed by atoms with van der Waals surface area (Å²) in [6, 6.07) is 6.26. The third kappa shape index (κ3) is 2.78. The number of amides is 1. The van der Waals surface area contributed by atoms with Crippen molar-refractivity contribution in [3.8, 4) is 0 Å². The van der Waals surface area contributed by atoms with Crippen LogP contribution in [0.4, 0.5) is 11.4 Å². The summed E-state index contributed by atoms with van der Waals surface area (Å²) < 4.78 is 0. The predicted octanol–water partition coefficient (Wildman–Crippen LogP) is 3.82. The molecule has 0 radical (unpaired) electrons. The van der Waals surface area contributed by atoms with Crippen LogP contribution in [0.1, 0.15) is 32.6 Å². The first-order chi connectivity index (χ1) is 11.2. The van der Waals surface area contributed by atoms with Crippen LogP contribution in [-0.4, -0.2) is 24.0 Å². The minimum absolute atomic E-state index is 0.147. The monoisotopic (exact) mass is 309 g/mol. The number of nitrogens with zero attached hydrogens (tertiary/aromatic N) is 2. The van der Waals surface area contributed by atoms with Crippen molar-refractivity contribution in [3.63, 3.8) is 0 Å². The number of carbonyl (C=O) groups is 1. The van der Waals surface area contributed by atoms with Gasteiger partial charge in [0.1, 0.15) is 0 Å². The molecule has 0 unspecified atom stereocenters. The van der Waals surface area contributed by atoms with E-state index in [9.17, 15) is 4.79 Å². The maximum absolute atomic E-state index is 12.3. The van der Waals surface area contributed by atoms with Gasteiger partial charge in [0.15, 0.2) is 0 Å². The van der Waals surface area contributed by atoms with Crippen molar-refractivity contribution in [2.24, 2.45) is 11.8 Å². The topological polar surface area (TPSA) is 45.2 Å². The number of aromatic nitrogens is 1. The molecule has 2 aromatic rings. The number of hydrogen-bond donors (Lipinski definition) is 1. The Labute approximate surface area is 136 Å². The summed E-state index contributed by atoms with van der Waals surface area (Å²) in [5, 5.41) is 5.33. The second-order valence-corrected chi connectivity index (χ2v) is 6.91. The van der Waals surface area contributed by atoms with Crippen LogP contribution in [0, 0.1) is 11.8 Å². The fraction of sp³-hybridized carbons (Fsp3) is 0.474. The molecule has 23 heavy (non-hydrogen) atoms. The van der Waals surface area contributed by atoms with Gasteiger partial charge in [-0.05, 0) is 49.8 Å². The number of pyridine rings is 1. The highest BCUT2D eigenvalue weighted by Crippen LogP contribution is 2.39. The zero-order chi connectivity index (χ0) is 15.8. The van der Waals surface area contributed by atoms with Crippen LogP contribution in [0.15, 0.2) is 30.6 Å². The minimum atomic E-state index is 0.147. The van der Waals surface area contributed by atoms with Crippen molar-refractivity contribution in [1.29, 1.82) is 0 Å². The molecule has 1 amide bonds. The molecule has 2 atom stereocenters. The second kappa shape index (κ2) is 5.84. The molecule has 1 aromatic heterocycles. The smallest absolute Gasteiger partial charge is 0.227 e. The predicted molar refractivity (Wildman–Crippen MR) is 93.7 cm³/mol. The summed E-state index contributed by atoms with van der Waals surface area (Å²) in [5.41, 5.74) is 2.15. The number of fused-ring (bicyclic) bond motifs is 1. The molecule has 1 aliphatic heterocycles. The summed E-state index contributed by atoms with van der Waals surface area (Å²) in [4.78, 5) is 19.0. The molecule has 2 heterocycles. The summed E-state index contributed by atoms with van der Waals surface area (Å²) in [6.45, 7) is 4.36. The Morgan fingerprint density at radius 2 is 1.96 bits per heavy atom. The molecule has 4 rings (SSSR count). The Bertz CT molecular complexity index is 736. The molecular weight excluding hydrogens is 286 g/mol. The first-order valence-electron chi connectivity index (χ1n) is 8.66. The molecule has 120 valence electrons. The fourth-order valence-corrected chi connectivity index (χ4v) is 3.61. The largest absolute Gasteiger partial charge is 0.371 e. The number of nitrogens with one attached hydrogen (secondary N) is 1. The Morgan fingerprint density at radius 1 is 1.17 bits per heavy atom. The maximum Gasteiger partial charge on any atom is 0.227 e. The molecule has 0 spiro atoms. The van der Waals surface area contributed by atoms with Crippen molar-refractivity contribution in [1.82, 2.24) is 4.98 Å². The van der Waals surface area contributed by atoms with Gasteiger partial charge >= 0.3 is 0 Å². The molecule has 2 fully saturated rings. The Kier molecular flexibility index (Phi) is 3.68. The summed E-state index contributed by atoms with van der Waals surface area (Å²) >= 11 is 0. The van der Waals surface area contributed by atoms with Crippen molar-refractivity contribution < 1.29 is 4.79 Å². The Hall–Kier alpha value is -2.10. The number of rotatable bonds is 3. The average Bonchev–Trinajstić information content (AvgIpc) is 3.33. The van der Waals surface area contributed by atoms with Crippen molar-refractivity contribution in [2.75, 3.05) is 23.3 Å². The number of piperidine rings is 1. The highest BCUT2D eigenvalue weighted by molar-refractivity contribution is 6.07. The van der Waals surface area contributed by atoms with E-state index in [1.807, 2.05) is 18.5 Å². The maximum atomic E-state index is 12.3. The molecule has 1 saturated carbocycles. The second-order valence-electron chi connectivity index (χ2n) is 6.91. The quantitative estimate of drug-likeness (QED) is 0.937. The fourth-order valence-electron chi connectivity index (χ4n) is 3.61. The van der Waals surface area contributed by atoms with E-state index in [2.05, 4.69) is 34.3 Å². The van der Waals surface area contributed by atoms with Gasteiger partial charge in [0.25, 0.3) is 0 Å². The molecule has 4 nitrogen and oxygen atoms in total. The zero-order valence-electron chi connectivity index (χ0n) is 13.6. The van der Waals surface area contributed by atoms with E-state index in [-0.39, 0.29) is 11.8 Å². The summed E-state index contributed by atoms with van der Waals surface area (Å²) in [5.74, 6) is 0.851. The van der Waals surface area contributed by atoms with Crippen molar-refractivity contribution in [3.05, 3.63) is 30.6 Å². The number of hydrogen-bond acceptors (Lipinski definition) is 3. The third-order valence-corrected chi connectivity index (χ3v) is 5.20. The van der Waals surface area contributed by atoms with Crippen molar-refractivity contribution >= 4 is 28.1 Å². The first kappa shape index (κ1) is 14.5. The van der Waals surface area contributed by atoms with Gasteiger partial charge in [-0.1, -0.05) is 6.92 Å². The molecule has 0 bridgehead atoms. The van der Waals surface area contributed by atoms with Crippen LogP contribution < -0.4 is 10.2 Å². The van der Waals surface area contributed by atoms with E-state index in [4.69, 9.17) is 0 Å². The molecule has 2 aliphatic rings. The van der Waals surface area contributed by atoms with Gasteiger partial charge < -0.3 is 10.2 Å². The highest BCUT2D eigenvalue weighted by atomic mass is 16.2. The van der Waals surface area contributed by atoms with E-state index >= 15 is 0 Å². The van der Waals surface area contributed by atoms with Gasteiger partial charge in [0.2, 0.25) is 5.91 Å². The molecular formula is C19H23N3O. The van der Waals surface area contributed by atoms with E-state index in [0.717, 1.165) is 30.6 Å². The lowest BCUT2D eigenvalue weighted by atomic mass is 10.0. The van der Waals surface area contributed by atoms with Crippen molar-refractivity contribution in [2.45, 2.75) is 32.6 Å². The average molecular weight is 309 g/mol. The zero-order valence-corrected chi connectivity index (χ0v) is 13.6. The molecule has 1 N–H and O–H groups in total. The lowest BCUT2D eigenvalue weighted by Gasteiger charge is -2.30. The van der Waals surface area contributed by atoms with E-state index in [1.165, 1.54) is 30.3 Å². The van der Waals surface area contributed by atoms with Gasteiger partial charge in [-0.2, -0.15) is 0 Å². The van der Waals surface area contributed by atoms with Gasteiger partial charge in [-0.3, -0.25) is 9.78 Å². The standard InChI is InChI=1S/C19H23N3O/c1-13-11-15(13)19(23)21-17-5-6-18(22-9-3-2-4-10-22)14-7-8-20-12-16(14)17/h5-8,12-13,15H,2-4,9-11H2,1H3,(H,21,23)/t13-,15-/m0/s1. The van der Waals surface area contributed by atoms with Crippen LogP contribution in [0.2, 0.25) is 0 Å². The molecule has 4 heteroatoms. The van der Waals surface area contributed by atoms with E-state index in [1.54, 1.807) is 0 Å². The van der Waals surface area contributed by atoms with E-state index < -0.39 is 0 Å². The van der Waals surface area contributed by atoms with Gasteiger partial charge in [-0.25, -0.2) is 0 Å². The summed E-state index contributed by atoms with van der Waals surface area (Å²) in [7, 11) is 0. The molecule has 1 aromatic carbocycles. The van der Waals surface area contributed by atoms with Crippen LogP contribution in [-0.2, 0) is 4.79 Å². The lowest BCUT2D eigenvalue weighted by Crippen LogP contribution is -2.29. The first-order valence-corrected chi connectivity index (χ1v) is 8.66. The van der Waals surface area contributed by atoms with Crippen LogP contribution >= 0.6 is 0 Å². The number of benzene rings is 1.